The number of aromatic nitrogens is 4. The fourth-order valence-electron chi connectivity index (χ4n) is 6.26. The molecule has 0 fully saturated rings. The van der Waals surface area contributed by atoms with Gasteiger partial charge >= 0.3 is 0 Å². The van der Waals surface area contributed by atoms with Gasteiger partial charge in [-0.15, -0.1) is 0 Å². The van der Waals surface area contributed by atoms with Crippen LogP contribution in [0.5, 0.6) is 0 Å². The van der Waals surface area contributed by atoms with Crippen LogP contribution in [0, 0.1) is 0 Å². The summed E-state index contributed by atoms with van der Waals surface area (Å²) in [4.78, 5) is 14.9. The van der Waals surface area contributed by atoms with Gasteiger partial charge in [0.15, 0.2) is 17.5 Å². The lowest BCUT2D eigenvalue weighted by atomic mass is 10.0. The van der Waals surface area contributed by atoms with Crippen LogP contribution in [0.15, 0.2) is 150 Å². The second-order valence-corrected chi connectivity index (χ2v) is 10.9. The molecule has 0 aliphatic rings. The van der Waals surface area contributed by atoms with Crippen molar-refractivity contribution >= 4 is 43.7 Å². The molecule has 6 aromatic carbocycles. The van der Waals surface area contributed by atoms with Gasteiger partial charge in [-0.2, -0.15) is 0 Å². The average molecular weight is 565 g/mol. The number of para-hydroxylation sites is 2. The molecule has 0 N–H and O–H groups in total. The van der Waals surface area contributed by atoms with Crippen LogP contribution in [0.2, 0.25) is 0 Å². The van der Waals surface area contributed by atoms with Gasteiger partial charge in [-0.05, 0) is 36.4 Å². The third-order valence-electron chi connectivity index (χ3n) is 8.24. The van der Waals surface area contributed by atoms with E-state index in [-0.39, 0.29) is 0 Å². The van der Waals surface area contributed by atoms with Crippen LogP contribution in [0.3, 0.4) is 0 Å². The van der Waals surface area contributed by atoms with Crippen LogP contribution in [-0.4, -0.2) is 19.5 Å². The quantitative estimate of drug-likeness (QED) is 0.213. The molecule has 0 unspecified atom stereocenters. The molecule has 0 radical (unpaired) electrons. The SMILES string of the molecule is c1ccc(-c2nc(-c3ccccc3)nc(-c3cccc4oc5cc6c7ccccc7n(-c7ccccc7)c6cc5c34)n2)cc1. The predicted molar refractivity (Wildman–Crippen MR) is 178 cm³/mol. The summed E-state index contributed by atoms with van der Waals surface area (Å²) in [6.07, 6.45) is 0. The zero-order valence-corrected chi connectivity index (χ0v) is 23.6. The van der Waals surface area contributed by atoms with E-state index >= 15 is 0 Å². The monoisotopic (exact) mass is 564 g/mol. The van der Waals surface area contributed by atoms with E-state index in [0.717, 1.165) is 60.7 Å². The van der Waals surface area contributed by atoms with Crippen molar-refractivity contribution in [1.82, 2.24) is 19.5 Å². The number of furan rings is 1. The van der Waals surface area contributed by atoms with E-state index in [1.165, 1.54) is 5.39 Å². The Kier molecular flexibility index (Phi) is 5.43. The highest BCUT2D eigenvalue weighted by molar-refractivity contribution is 6.19. The van der Waals surface area contributed by atoms with Gasteiger partial charge in [-0.1, -0.05) is 109 Å². The lowest BCUT2D eigenvalue weighted by Crippen LogP contribution is -2.00. The third-order valence-corrected chi connectivity index (χ3v) is 8.24. The molecule has 206 valence electrons. The van der Waals surface area contributed by atoms with Crippen molar-refractivity contribution in [3.05, 3.63) is 146 Å². The van der Waals surface area contributed by atoms with E-state index in [4.69, 9.17) is 19.4 Å². The highest BCUT2D eigenvalue weighted by atomic mass is 16.3. The Bertz CT molecular complexity index is 2420. The summed E-state index contributed by atoms with van der Waals surface area (Å²) in [5.41, 5.74) is 7.79. The summed E-state index contributed by atoms with van der Waals surface area (Å²) in [5, 5.41) is 4.34. The maximum Gasteiger partial charge on any atom is 0.164 e. The topological polar surface area (TPSA) is 56.7 Å². The first kappa shape index (κ1) is 24.5. The molecule has 3 heterocycles. The summed E-state index contributed by atoms with van der Waals surface area (Å²) in [7, 11) is 0. The van der Waals surface area contributed by atoms with Crippen molar-refractivity contribution in [3.63, 3.8) is 0 Å². The first-order chi connectivity index (χ1) is 21.8. The van der Waals surface area contributed by atoms with Crippen LogP contribution in [0.1, 0.15) is 0 Å². The second kappa shape index (κ2) is 9.75. The molecule has 9 aromatic rings. The molecule has 9 rings (SSSR count). The molecule has 0 aliphatic heterocycles. The number of fused-ring (bicyclic) bond motifs is 6. The summed E-state index contributed by atoms with van der Waals surface area (Å²) < 4.78 is 8.86. The van der Waals surface area contributed by atoms with E-state index in [2.05, 4.69) is 71.3 Å². The zero-order valence-electron chi connectivity index (χ0n) is 23.6. The van der Waals surface area contributed by atoms with Gasteiger partial charge in [0.1, 0.15) is 11.2 Å². The molecule has 3 aromatic heterocycles. The van der Waals surface area contributed by atoms with E-state index in [1.54, 1.807) is 0 Å². The van der Waals surface area contributed by atoms with Gasteiger partial charge < -0.3 is 8.98 Å². The second-order valence-electron chi connectivity index (χ2n) is 10.9. The molecule has 0 aliphatic carbocycles. The van der Waals surface area contributed by atoms with Crippen molar-refractivity contribution in [2.75, 3.05) is 0 Å². The Labute approximate surface area is 252 Å². The number of rotatable bonds is 4. The van der Waals surface area contributed by atoms with E-state index in [9.17, 15) is 0 Å². The Balaban J connectivity index is 1.35. The molecule has 5 nitrogen and oxygen atoms in total. The molecular formula is C39H24N4O. The first-order valence-corrected chi connectivity index (χ1v) is 14.6. The fraction of sp³-hybridized carbons (Fsp3) is 0. The van der Waals surface area contributed by atoms with Crippen LogP contribution in [0.4, 0.5) is 0 Å². The molecule has 0 spiro atoms. The summed E-state index contributed by atoms with van der Waals surface area (Å²) in [5.74, 6) is 1.87. The largest absolute Gasteiger partial charge is 0.456 e. The minimum absolute atomic E-state index is 0.606. The molecule has 5 heteroatoms. The minimum Gasteiger partial charge on any atom is -0.456 e. The maximum atomic E-state index is 6.54. The van der Waals surface area contributed by atoms with Crippen molar-refractivity contribution in [1.29, 1.82) is 0 Å². The van der Waals surface area contributed by atoms with Gasteiger partial charge in [0.2, 0.25) is 0 Å². The molecule has 0 saturated heterocycles. The maximum absolute atomic E-state index is 6.54. The highest BCUT2D eigenvalue weighted by Gasteiger charge is 2.20. The third kappa shape index (κ3) is 3.83. The minimum atomic E-state index is 0.606. The van der Waals surface area contributed by atoms with Gasteiger partial charge in [0.25, 0.3) is 0 Å². The Morgan fingerprint density at radius 2 is 1.05 bits per heavy atom. The van der Waals surface area contributed by atoms with E-state index in [0.29, 0.717) is 17.5 Å². The standard InChI is InChI=1S/C39H24N4O/c1-4-13-25(14-5-1)37-40-38(26-15-6-2-7-16-26)42-39(41-37)29-20-12-22-34-36(29)31-23-33-30(24-35(31)44-34)28-19-10-11-21-32(28)43(33)27-17-8-3-9-18-27/h1-24H. The fourth-order valence-corrected chi connectivity index (χ4v) is 6.26. The van der Waals surface area contributed by atoms with Crippen molar-refractivity contribution in [2.24, 2.45) is 0 Å². The smallest absolute Gasteiger partial charge is 0.164 e. The average Bonchev–Trinajstić information content (AvgIpc) is 3.63. The predicted octanol–water partition coefficient (Wildman–Crippen LogP) is 9.87. The molecule has 0 atom stereocenters. The van der Waals surface area contributed by atoms with E-state index in [1.807, 2.05) is 78.9 Å². The van der Waals surface area contributed by atoms with Gasteiger partial charge in [0.05, 0.1) is 11.0 Å². The lowest BCUT2D eigenvalue weighted by molar-refractivity contribution is 0.669. The van der Waals surface area contributed by atoms with Crippen molar-refractivity contribution < 1.29 is 4.42 Å². The molecule has 44 heavy (non-hydrogen) atoms. The first-order valence-electron chi connectivity index (χ1n) is 14.6. The number of hydrogen-bond donors (Lipinski definition) is 0. The molecular weight excluding hydrogens is 540 g/mol. The molecule has 0 bridgehead atoms. The Morgan fingerprint density at radius 3 is 1.75 bits per heavy atom. The zero-order chi connectivity index (χ0) is 29.0. The normalized spacial score (nSPS) is 11.6. The van der Waals surface area contributed by atoms with Crippen molar-refractivity contribution in [2.45, 2.75) is 0 Å². The molecule has 0 amide bonds. The van der Waals surface area contributed by atoms with Gasteiger partial charge in [0, 0.05) is 43.9 Å². The van der Waals surface area contributed by atoms with Crippen molar-refractivity contribution in [3.8, 4) is 39.9 Å². The van der Waals surface area contributed by atoms with Crippen LogP contribution >= 0.6 is 0 Å². The highest BCUT2D eigenvalue weighted by Crippen LogP contribution is 2.41. The summed E-state index contributed by atoms with van der Waals surface area (Å²) in [6.45, 7) is 0. The molecule has 0 saturated carbocycles. The Hall–Kier alpha value is -6.07. The van der Waals surface area contributed by atoms with Crippen LogP contribution < -0.4 is 0 Å². The van der Waals surface area contributed by atoms with Crippen LogP contribution in [-0.2, 0) is 0 Å². The lowest BCUT2D eigenvalue weighted by Gasteiger charge is -2.09. The summed E-state index contributed by atoms with van der Waals surface area (Å²) >= 11 is 0. The Morgan fingerprint density at radius 1 is 0.432 bits per heavy atom. The van der Waals surface area contributed by atoms with Gasteiger partial charge in [-0.25, -0.2) is 15.0 Å². The van der Waals surface area contributed by atoms with Gasteiger partial charge in [-0.3, -0.25) is 0 Å². The number of benzene rings is 6. The number of hydrogen-bond acceptors (Lipinski definition) is 4. The summed E-state index contributed by atoms with van der Waals surface area (Å²) in [6, 6.07) is 49.7. The van der Waals surface area contributed by atoms with E-state index < -0.39 is 0 Å². The van der Waals surface area contributed by atoms with Crippen LogP contribution in [0.25, 0.3) is 83.6 Å². The number of nitrogens with zero attached hydrogens (tertiary/aromatic N) is 4.